The molecule has 1 atom stereocenters. The summed E-state index contributed by atoms with van der Waals surface area (Å²) in [5.41, 5.74) is 2.81. The first-order valence-corrected chi connectivity index (χ1v) is 8.57. The van der Waals surface area contributed by atoms with Crippen molar-refractivity contribution in [3.05, 3.63) is 78.0 Å². The van der Waals surface area contributed by atoms with Gasteiger partial charge in [-0.05, 0) is 41.2 Å². The third-order valence-corrected chi connectivity index (χ3v) is 4.97. The Hall–Kier alpha value is -2.35. The molecule has 0 saturated carbocycles. The van der Waals surface area contributed by atoms with Crippen molar-refractivity contribution >= 4 is 11.6 Å². The number of carbonyl (C=O) groups excluding carboxylic acids is 1. The van der Waals surface area contributed by atoms with Gasteiger partial charge in [0.2, 0.25) is 5.91 Å². The van der Waals surface area contributed by atoms with Gasteiger partial charge in [-0.2, -0.15) is 0 Å². The topological polar surface area (TPSA) is 20.3 Å². The molecule has 124 valence electrons. The third-order valence-electron chi connectivity index (χ3n) is 4.97. The van der Waals surface area contributed by atoms with E-state index in [0.29, 0.717) is 0 Å². The summed E-state index contributed by atoms with van der Waals surface area (Å²) in [6, 6.07) is 18.4. The maximum absolute atomic E-state index is 13.2. The molecule has 1 heterocycles. The second kappa shape index (κ2) is 5.94. The molecule has 1 aliphatic rings. The van der Waals surface area contributed by atoms with Gasteiger partial charge < -0.3 is 0 Å². The van der Waals surface area contributed by atoms with E-state index in [1.807, 2.05) is 54.7 Å². The Balaban J connectivity index is 1.93. The minimum absolute atomic E-state index is 0.112. The van der Waals surface area contributed by atoms with E-state index < -0.39 is 5.41 Å². The fraction of sp³-hybridized carbons (Fsp3) is 0.318. The number of hydrogen-bond donors (Lipinski definition) is 0. The van der Waals surface area contributed by atoms with Crippen LogP contribution >= 0.6 is 0 Å². The normalized spacial score (nSPS) is 20.7. The minimum Gasteiger partial charge on any atom is -0.287 e. The number of carbonyl (C=O) groups is 1. The van der Waals surface area contributed by atoms with Gasteiger partial charge in [0.15, 0.2) is 0 Å². The molecule has 0 aliphatic carbocycles. The van der Waals surface area contributed by atoms with E-state index in [1.165, 1.54) is 5.56 Å². The number of anilines is 1. The molecule has 1 aliphatic heterocycles. The molecule has 0 bridgehead atoms. The Morgan fingerprint density at radius 3 is 2.12 bits per heavy atom. The molecule has 2 nitrogen and oxygen atoms in total. The molecule has 2 heteroatoms. The predicted molar refractivity (Wildman–Crippen MR) is 100 cm³/mol. The number of hydrogen-bond acceptors (Lipinski definition) is 1. The fourth-order valence-corrected chi connectivity index (χ4v) is 3.31. The average molecular weight is 319 g/mol. The number of benzene rings is 2. The van der Waals surface area contributed by atoms with E-state index in [4.69, 9.17) is 0 Å². The van der Waals surface area contributed by atoms with Crippen LogP contribution in [0.5, 0.6) is 0 Å². The lowest BCUT2D eigenvalue weighted by Gasteiger charge is -2.27. The molecule has 0 saturated heterocycles. The van der Waals surface area contributed by atoms with Gasteiger partial charge in [0.05, 0.1) is 5.41 Å². The summed E-state index contributed by atoms with van der Waals surface area (Å²) < 4.78 is 0. The molecule has 0 aromatic heterocycles. The van der Waals surface area contributed by atoms with E-state index in [-0.39, 0.29) is 11.3 Å². The summed E-state index contributed by atoms with van der Waals surface area (Å²) in [7, 11) is 0. The molecule has 0 spiro atoms. The standard InChI is InChI=1S/C22H25NO/c1-5-22(18-9-7-6-8-10-18)15-16-23(20(22)24)19-13-11-17(12-14-19)21(2,3)4/h6-16H,5H2,1-4H3. The van der Waals surface area contributed by atoms with E-state index in [2.05, 4.69) is 39.8 Å². The van der Waals surface area contributed by atoms with Crippen molar-refractivity contribution < 1.29 is 4.79 Å². The Morgan fingerprint density at radius 2 is 1.58 bits per heavy atom. The second-order valence-corrected chi connectivity index (χ2v) is 7.48. The van der Waals surface area contributed by atoms with Crippen LogP contribution in [0.25, 0.3) is 0 Å². The van der Waals surface area contributed by atoms with Crippen LogP contribution in [0.15, 0.2) is 66.9 Å². The van der Waals surface area contributed by atoms with Crippen LogP contribution in [0.4, 0.5) is 5.69 Å². The maximum atomic E-state index is 13.2. The van der Waals surface area contributed by atoms with E-state index in [9.17, 15) is 4.79 Å². The molecule has 3 rings (SSSR count). The fourth-order valence-electron chi connectivity index (χ4n) is 3.31. The van der Waals surface area contributed by atoms with Crippen LogP contribution in [0.1, 0.15) is 45.2 Å². The summed E-state index contributed by atoms with van der Waals surface area (Å²) in [6.07, 6.45) is 4.72. The van der Waals surface area contributed by atoms with Crippen molar-refractivity contribution in [3.8, 4) is 0 Å². The van der Waals surface area contributed by atoms with Crippen molar-refractivity contribution in [2.45, 2.75) is 44.9 Å². The highest BCUT2D eigenvalue weighted by Crippen LogP contribution is 2.38. The first kappa shape index (κ1) is 16.5. The van der Waals surface area contributed by atoms with Crippen LogP contribution in [-0.4, -0.2) is 5.91 Å². The second-order valence-electron chi connectivity index (χ2n) is 7.48. The molecular formula is C22H25NO. The number of nitrogens with zero attached hydrogens (tertiary/aromatic N) is 1. The van der Waals surface area contributed by atoms with E-state index in [1.54, 1.807) is 4.90 Å². The number of rotatable bonds is 3. The Labute approximate surface area is 144 Å². The zero-order valence-corrected chi connectivity index (χ0v) is 14.9. The lowest BCUT2D eigenvalue weighted by Crippen LogP contribution is -2.38. The molecule has 0 radical (unpaired) electrons. The zero-order chi connectivity index (χ0) is 17.4. The molecular weight excluding hydrogens is 294 g/mol. The Kier molecular flexibility index (Phi) is 4.08. The van der Waals surface area contributed by atoms with E-state index in [0.717, 1.165) is 17.7 Å². The van der Waals surface area contributed by atoms with Crippen molar-refractivity contribution in [2.24, 2.45) is 0 Å². The zero-order valence-electron chi connectivity index (χ0n) is 14.9. The molecule has 2 aromatic carbocycles. The van der Waals surface area contributed by atoms with Crippen LogP contribution in [0.2, 0.25) is 0 Å². The van der Waals surface area contributed by atoms with Gasteiger partial charge in [0, 0.05) is 11.9 Å². The van der Waals surface area contributed by atoms with Gasteiger partial charge >= 0.3 is 0 Å². The smallest absolute Gasteiger partial charge is 0.245 e. The summed E-state index contributed by atoms with van der Waals surface area (Å²) in [5.74, 6) is 0.125. The quantitative estimate of drug-likeness (QED) is 0.762. The summed E-state index contributed by atoms with van der Waals surface area (Å²) in [4.78, 5) is 15.0. The molecule has 1 unspecified atom stereocenters. The minimum atomic E-state index is -0.552. The largest absolute Gasteiger partial charge is 0.287 e. The summed E-state index contributed by atoms with van der Waals surface area (Å²) in [5, 5.41) is 0. The van der Waals surface area contributed by atoms with Crippen LogP contribution < -0.4 is 4.90 Å². The first-order chi connectivity index (χ1) is 11.4. The van der Waals surface area contributed by atoms with Crippen molar-refractivity contribution in [3.63, 3.8) is 0 Å². The average Bonchev–Trinajstić information content (AvgIpc) is 2.93. The maximum Gasteiger partial charge on any atom is 0.245 e. The van der Waals surface area contributed by atoms with Crippen LogP contribution in [-0.2, 0) is 15.6 Å². The molecule has 24 heavy (non-hydrogen) atoms. The van der Waals surface area contributed by atoms with E-state index >= 15 is 0 Å². The van der Waals surface area contributed by atoms with Gasteiger partial charge in [-0.3, -0.25) is 9.69 Å². The monoisotopic (exact) mass is 319 g/mol. The van der Waals surface area contributed by atoms with Crippen molar-refractivity contribution in [1.29, 1.82) is 0 Å². The molecule has 0 fully saturated rings. The van der Waals surface area contributed by atoms with Gasteiger partial charge in [-0.25, -0.2) is 0 Å². The van der Waals surface area contributed by atoms with Crippen LogP contribution in [0, 0.1) is 0 Å². The van der Waals surface area contributed by atoms with Crippen LogP contribution in [0.3, 0.4) is 0 Å². The van der Waals surface area contributed by atoms with Gasteiger partial charge in [-0.15, -0.1) is 0 Å². The SMILES string of the molecule is CCC1(c2ccccc2)C=CN(c2ccc(C(C)(C)C)cc2)C1=O. The van der Waals surface area contributed by atoms with Gasteiger partial charge in [-0.1, -0.05) is 70.2 Å². The number of amides is 1. The molecule has 2 aromatic rings. The van der Waals surface area contributed by atoms with Crippen molar-refractivity contribution in [1.82, 2.24) is 0 Å². The highest BCUT2D eigenvalue weighted by Gasteiger charge is 2.43. The van der Waals surface area contributed by atoms with Gasteiger partial charge in [0.25, 0.3) is 0 Å². The summed E-state index contributed by atoms with van der Waals surface area (Å²) in [6.45, 7) is 8.66. The Morgan fingerprint density at radius 1 is 0.958 bits per heavy atom. The highest BCUT2D eigenvalue weighted by atomic mass is 16.2. The molecule has 0 N–H and O–H groups in total. The lowest BCUT2D eigenvalue weighted by atomic mass is 9.78. The predicted octanol–water partition coefficient (Wildman–Crippen LogP) is 5.19. The van der Waals surface area contributed by atoms with Crippen molar-refractivity contribution in [2.75, 3.05) is 4.90 Å². The Bertz CT molecular complexity index is 753. The first-order valence-electron chi connectivity index (χ1n) is 8.57. The highest BCUT2D eigenvalue weighted by molar-refractivity contribution is 6.06. The van der Waals surface area contributed by atoms with Gasteiger partial charge in [0.1, 0.15) is 0 Å². The third kappa shape index (κ3) is 2.66. The summed E-state index contributed by atoms with van der Waals surface area (Å²) >= 11 is 0. The lowest BCUT2D eigenvalue weighted by molar-refractivity contribution is -0.121. The molecule has 1 amide bonds.